The third kappa shape index (κ3) is 5.50. The van der Waals surface area contributed by atoms with E-state index in [4.69, 9.17) is 9.47 Å². The molecule has 0 aromatic heterocycles. The van der Waals surface area contributed by atoms with Gasteiger partial charge in [0.05, 0.1) is 6.61 Å². The molecule has 2 aromatic carbocycles. The molecule has 0 atom stereocenters. The number of benzene rings is 2. The van der Waals surface area contributed by atoms with Gasteiger partial charge in [-0.2, -0.15) is 0 Å². The molecule has 1 fully saturated rings. The van der Waals surface area contributed by atoms with Crippen LogP contribution in [0, 0.1) is 0 Å². The minimum atomic E-state index is -0.670. The second-order valence-corrected chi connectivity index (χ2v) is 7.08. The summed E-state index contributed by atoms with van der Waals surface area (Å²) in [5.74, 6) is -1.09. The number of rotatable bonds is 6. The van der Waals surface area contributed by atoms with Gasteiger partial charge in [-0.3, -0.25) is 9.59 Å². The number of carbonyl (C=O) groups excluding carboxylic acids is 2. The summed E-state index contributed by atoms with van der Waals surface area (Å²) in [6.45, 7) is 3.91. The third-order valence-electron chi connectivity index (χ3n) is 4.95. The second kappa shape index (κ2) is 9.92. The highest BCUT2D eigenvalue weighted by Crippen LogP contribution is 2.35. The van der Waals surface area contributed by atoms with Crippen LogP contribution in [0.4, 0.5) is 0 Å². The summed E-state index contributed by atoms with van der Waals surface area (Å²) >= 11 is 0. The molecule has 0 bridgehead atoms. The smallest absolute Gasteiger partial charge is 0.260 e. The van der Waals surface area contributed by atoms with Crippen LogP contribution in [0.5, 0.6) is 28.7 Å². The van der Waals surface area contributed by atoms with E-state index in [1.165, 1.54) is 0 Å². The summed E-state index contributed by atoms with van der Waals surface area (Å²) < 4.78 is 10.9. The zero-order valence-electron chi connectivity index (χ0n) is 17.3. The molecule has 31 heavy (non-hydrogen) atoms. The van der Waals surface area contributed by atoms with Crippen LogP contribution in [0.1, 0.15) is 23.7 Å². The lowest BCUT2D eigenvalue weighted by Crippen LogP contribution is -2.39. The topological polar surface area (TPSA) is 120 Å². The molecule has 1 aliphatic heterocycles. The zero-order valence-corrected chi connectivity index (χ0v) is 17.3. The van der Waals surface area contributed by atoms with Crippen molar-refractivity contribution < 1.29 is 34.4 Å². The maximum Gasteiger partial charge on any atom is 0.260 e. The lowest BCUT2D eigenvalue weighted by atomic mass is 10.1. The van der Waals surface area contributed by atoms with E-state index in [0.29, 0.717) is 45.0 Å². The fourth-order valence-corrected chi connectivity index (χ4v) is 3.32. The number of aromatic hydroxyl groups is 3. The number of nitrogens with zero attached hydrogens (tertiary/aromatic N) is 2. The second-order valence-electron chi connectivity index (χ2n) is 7.08. The summed E-state index contributed by atoms with van der Waals surface area (Å²) in [4.78, 5) is 28.5. The first-order valence-corrected chi connectivity index (χ1v) is 10.1. The molecular formula is C22H26N2O7. The van der Waals surface area contributed by atoms with Gasteiger partial charge in [-0.15, -0.1) is 0 Å². The lowest BCUT2D eigenvalue weighted by molar-refractivity contribution is -0.133. The highest BCUT2D eigenvalue weighted by Gasteiger charge is 2.24. The first kappa shape index (κ1) is 22.1. The van der Waals surface area contributed by atoms with E-state index in [9.17, 15) is 24.9 Å². The molecular weight excluding hydrogens is 404 g/mol. The largest absolute Gasteiger partial charge is 0.504 e. The number of ether oxygens (including phenoxy) is 2. The van der Waals surface area contributed by atoms with Crippen molar-refractivity contribution in [3.8, 4) is 28.7 Å². The molecule has 3 rings (SSSR count). The number of phenolic OH excluding ortho intramolecular Hbond substituents is 3. The predicted octanol–water partition coefficient (Wildman–Crippen LogP) is 1.96. The minimum Gasteiger partial charge on any atom is -0.504 e. The van der Waals surface area contributed by atoms with Gasteiger partial charge >= 0.3 is 0 Å². The molecule has 0 saturated carbocycles. The van der Waals surface area contributed by atoms with E-state index in [1.54, 1.807) is 34.1 Å². The lowest BCUT2D eigenvalue weighted by Gasteiger charge is -2.22. The van der Waals surface area contributed by atoms with E-state index in [1.807, 2.05) is 6.92 Å². The van der Waals surface area contributed by atoms with Crippen LogP contribution in [0.2, 0.25) is 0 Å². The molecule has 2 aromatic rings. The Morgan fingerprint density at radius 2 is 1.42 bits per heavy atom. The molecule has 166 valence electrons. The number of hydrogen-bond acceptors (Lipinski definition) is 7. The van der Waals surface area contributed by atoms with Gasteiger partial charge in [0.2, 0.25) is 0 Å². The molecule has 9 nitrogen and oxygen atoms in total. The number of amides is 2. The van der Waals surface area contributed by atoms with Gasteiger partial charge in [-0.25, -0.2) is 0 Å². The molecule has 2 amide bonds. The Balaban J connectivity index is 1.54. The number of hydrogen-bond donors (Lipinski definition) is 3. The van der Waals surface area contributed by atoms with Crippen LogP contribution in [0.25, 0.3) is 0 Å². The number of carbonyl (C=O) groups is 2. The van der Waals surface area contributed by atoms with Gasteiger partial charge in [-0.05, 0) is 49.7 Å². The van der Waals surface area contributed by atoms with E-state index in [-0.39, 0.29) is 18.1 Å². The van der Waals surface area contributed by atoms with Crippen LogP contribution in [0.15, 0.2) is 36.4 Å². The molecule has 1 saturated heterocycles. The fourth-order valence-electron chi connectivity index (χ4n) is 3.32. The third-order valence-corrected chi connectivity index (χ3v) is 4.95. The van der Waals surface area contributed by atoms with E-state index in [0.717, 1.165) is 17.9 Å². The van der Waals surface area contributed by atoms with E-state index in [2.05, 4.69) is 0 Å². The van der Waals surface area contributed by atoms with Gasteiger partial charge in [0, 0.05) is 31.7 Å². The first-order valence-electron chi connectivity index (χ1n) is 10.1. The monoisotopic (exact) mass is 430 g/mol. The SMILES string of the molecule is CCOc1ccc(OCC(=O)N2CCCN(C(=O)c3cc(O)c(O)c(O)c3)CC2)cc1. The molecule has 9 heteroatoms. The quantitative estimate of drug-likeness (QED) is 0.599. The van der Waals surface area contributed by atoms with Gasteiger partial charge < -0.3 is 34.6 Å². The van der Waals surface area contributed by atoms with Crippen molar-refractivity contribution in [1.82, 2.24) is 9.80 Å². The van der Waals surface area contributed by atoms with Crippen LogP contribution in [-0.2, 0) is 4.79 Å². The van der Waals surface area contributed by atoms with Crippen molar-refractivity contribution in [3.63, 3.8) is 0 Å². The average molecular weight is 430 g/mol. The maximum atomic E-state index is 12.7. The van der Waals surface area contributed by atoms with Gasteiger partial charge in [-0.1, -0.05) is 0 Å². The molecule has 0 radical (unpaired) electrons. The van der Waals surface area contributed by atoms with Crippen molar-refractivity contribution in [3.05, 3.63) is 42.0 Å². The van der Waals surface area contributed by atoms with Crippen LogP contribution in [0.3, 0.4) is 0 Å². The Kier molecular flexibility index (Phi) is 7.07. The Morgan fingerprint density at radius 3 is 2.03 bits per heavy atom. The fraction of sp³-hybridized carbons (Fsp3) is 0.364. The Labute approximate surface area is 180 Å². The summed E-state index contributed by atoms with van der Waals surface area (Å²) in [5.41, 5.74) is 0.0615. The zero-order chi connectivity index (χ0) is 22.4. The maximum absolute atomic E-state index is 12.7. The summed E-state index contributed by atoms with van der Waals surface area (Å²) in [6, 6.07) is 9.24. The summed E-state index contributed by atoms with van der Waals surface area (Å²) in [6.07, 6.45) is 0.580. The van der Waals surface area contributed by atoms with Crippen molar-refractivity contribution in [1.29, 1.82) is 0 Å². The highest BCUT2D eigenvalue weighted by atomic mass is 16.5. The Bertz CT molecular complexity index is 907. The van der Waals surface area contributed by atoms with Gasteiger partial charge in [0.25, 0.3) is 11.8 Å². The molecule has 0 aliphatic carbocycles. The van der Waals surface area contributed by atoms with Crippen molar-refractivity contribution in [2.45, 2.75) is 13.3 Å². The molecule has 0 spiro atoms. The highest BCUT2D eigenvalue weighted by molar-refractivity contribution is 5.95. The normalized spacial score (nSPS) is 14.1. The van der Waals surface area contributed by atoms with Crippen molar-refractivity contribution >= 4 is 11.8 Å². The van der Waals surface area contributed by atoms with Crippen molar-refractivity contribution in [2.75, 3.05) is 39.4 Å². The van der Waals surface area contributed by atoms with Gasteiger partial charge in [0.15, 0.2) is 23.9 Å². The molecule has 3 N–H and O–H groups in total. The van der Waals surface area contributed by atoms with Crippen LogP contribution < -0.4 is 9.47 Å². The Morgan fingerprint density at radius 1 is 0.871 bits per heavy atom. The molecule has 1 aliphatic rings. The first-order chi connectivity index (χ1) is 14.9. The summed E-state index contributed by atoms with van der Waals surface area (Å²) in [7, 11) is 0. The van der Waals surface area contributed by atoms with Crippen molar-refractivity contribution in [2.24, 2.45) is 0 Å². The minimum absolute atomic E-state index is 0.0615. The average Bonchev–Trinajstić information content (AvgIpc) is 3.02. The summed E-state index contributed by atoms with van der Waals surface area (Å²) in [5, 5.41) is 28.7. The standard InChI is InChI=1S/C22H26N2O7/c1-2-30-16-4-6-17(7-5-16)31-14-20(27)23-8-3-9-24(11-10-23)22(29)15-12-18(25)21(28)19(26)13-15/h4-7,12-13,25-26,28H,2-3,8-11,14H2,1H3. The number of phenols is 3. The molecule has 1 heterocycles. The predicted molar refractivity (Wildman–Crippen MR) is 112 cm³/mol. The van der Waals surface area contributed by atoms with Crippen LogP contribution in [-0.4, -0.2) is 76.3 Å². The Hall–Kier alpha value is -3.62. The molecule has 0 unspecified atom stereocenters. The van der Waals surface area contributed by atoms with E-state index < -0.39 is 23.2 Å². The van der Waals surface area contributed by atoms with E-state index >= 15 is 0 Å². The van der Waals surface area contributed by atoms with Crippen LogP contribution >= 0.6 is 0 Å². The van der Waals surface area contributed by atoms with Gasteiger partial charge in [0.1, 0.15) is 11.5 Å².